The molecule has 6 nitrogen and oxygen atoms in total. The van der Waals surface area contributed by atoms with Gasteiger partial charge in [0.15, 0.2) is 0 Å². The quantitative estimate of drug-likeness (QED) is 0.330. The molecule has 0 spiro atoms. The van der Waals surface area contributed by atoms with Crippen molar-refractivity contribution in [3.05, 3.63) is 29.6 Å². The minimum atomic E-state index is -2.82. The van der Waals surface area contributed by atoms with Gasteiger partial charge in [0.1, 0.15) is 16.5 Å². The first-order valence-electron chi connectivity index (χ1n) is 8.57. The first kappa shape index (κ1) is 20.4. The van der Waals surface area contributed by atoms with E-state index in [0.29, 0.717) is 5.69 Å². The average molecular weight is 383 g/mol. The third-order valence-corrected chi connectivity index (χ3v) is 5.69. The van der Waals surface area contributed by atoms with Gasteiger partial charge in [-0.2, -0.15) is 0 Å². The molecule has 1 aromatic carbocycles. The molecule has 0 aliphatic heterocycles. The van der Waals surface area contributed by atoms with Crippen LogP contribution in [-0.2, 0) is 21.0 Å². The predicted octanol–water partition coefficient (Wildman–Crippen LogP) is 2.61. The molecule has 26 heavy (non-hydrogen) atoms. The Morgan fingerprint density at radius 3 is 2.50 bits per heavy atom. The van der Waals surface area contributed by atoms with E-state index in [-0.39, 0.29) is 34.4 Å². The maximum atomic E-state index is 14.5. The van der Waals surface area contributed by atoms with Gasteiger partial charge in [-0.15, -0.1) is 0 Å². The molecule has 1 amide bonds. The maximum Gasteiger partial charge on any atom is 0.230 e. The van der Waals surface area contributed by atoms with Crippen molar-refractivity contribution in [2.45, 2.75) is 46.1 Å². The fourth-order valence-electron chi connectivity index (χ4n) is 2.61. The number of benzene rings is 1. The zero-order valence-electron chi connectivity index (χ0n) is 15.5. The van der Waals surface area contributed by atoms with Crippen molar-refractivity contribution in [2.75, 3.05) is 11.1 Å². The molecule has 2 rings (SSSR count). The van der Waals surface area contributed by atoms with Crippen LogP contribution >= 0.6 is 0 Å². The SMILES string of the molecule is CC(C)C(=N)N[C@@](C)(C[SH](=O)=O)c1cc(NC(=O)C2(C)CC2)ccc1F. The van der Waals surface area contributed by atoms with Gasteiger partial charge in [0, 0.05) is 22.6 Å². The van der Waals surface area contributed by atoms with E-state index in [9.17, 15) is 17.6 Å². The second-order valence-corrected chi connectivity index (χ2v) is 8.71. The molecule has 1 atom stereocenters. The minimum absolute atomic E-state index is 0.0980. The summed E-state index contributed by atoms with van der Waals surface area (Å²) in [4.78, 5) is 12.2. The van der Waals surface area contributed by atoms with Crippen molar-refractivity contribution in [1.29, 1.82) is 5.41 Å². The van der Waals surface area contributed by atoms with Crippen molar-refractivity contribution < 1.29 is 17.6 Å². The van der Waals surface area contributed by atoms with E-state index in [0.717, 1.165) is 12.8 Å². The van der Waals surface area contributed by atoms with Crippen LogP contribution in [0.2, 0.25) is 0 Å². The summed E-state index contributed by atoms with van der Waals surface area (Å²) in [6, 6.07) is 4.10. The Balaban J connectivity index is 2.38. The number of carbonyl (C=O) groups is 1. The van der Waals surface area contributed by atoms with Gasteiger partial charge in [0.05, 0.1) is 17.1 Å². The van der Waals surface area contributed by atoms with Crippen LogP contribution in [0.3, 0.4) is 0 Å². The number of nitrogens with one attached hydrogen (secondary N) is 3. The number of thiol groups is 1. The highest BCUT2D eigenvalue weighted by Gasteiger charge is 2.45. The molecule has 0 radical (unpaired) electrons. The van der Waals surface area contributed by atoms with Gasteiger partial charge in [0.2, 0.25) is 5.91 Å². The van der Waals surface area contributed by atoms with Gasteiger partial charge >= 0.3 is 0 Å². The summed E-state index contributed by atoms with van der Waals surface area (Å²) in [6.07, 6.45) is 1.63. The van der Waals surface area contributed by atoms with Crippen molar-refractivity contribution in [3.8, 4) is 0 Å². The van der Waals surface area contributed by atoms with Crippen molar-refractivity contribution in [1.82, 2.24) is 5.32 Å². The first-order chi connectivity index (χ1) is 12.0. The van der Waals surface area contributed by atoms with Crippen LogP contribution in [0.1, 0.15) is 46.1 Å². The largest absolute Gasteiger partial charge is 0.363 e. The molecule has 0 heterocycles. The van der Waals surface area contributed by atoms with Crippen LogP contribution < -0.4 is 10.6 Å². The molecule has 0 saturated heterocycles. The van der Waals surface area contributed by atoms with E-state index in [1.165, 1.54) is 18.2 Å². The highest BCUT2D eigenvalue weighted by Crippen LogP contribution is 2.45. The smallest absolute Gasteiger partial charge is 0.230 e. The zero-order valence-corrected chi connectivity index (χ0v) is 16.4. The van der Waals surface area contributed by atoms with Gasteiger partial charge < -0.3 is 10.6 Å². The van der Waals surface area contributed by atoms with E-state index in [1.807, 2.05) is 6.92 Å². The Labute approximate surface area is 155 Å². The third-order valence-electron chi connectivity index (χ3n) is 4.80. The van der Waals surface area contributed by atoms with Crippen LogP contribution in [0.25, 0.3) is 0 Å². The molecule has 0 bridgehead atoms. The highest BCUT2D eigenvalue weighted by molar-refractivity contribution is 7.72. The van der Waals surface area contributed by atoms with Crippen molar-refractivity contribution in [2.24, 2.45) is 11.3 Å². The Morgan fingerprint density at radius 1 is 1.38 bits per heavy atom. The Hall–Kier alpha value is -1.96. The van der Waals surface area contributed by atoms with E-state index >= 15 is 0 Å². The van der Waals surface area contributed by atoms with Crippen molar-refractivity contribution in [3.63, 3.8) is 0 Å². The van der Waals surface area contributed by atoms with E-state index in [1.54, 1.807) is 20.8 Å². The monoisotopic (exact) mass is 383 g/mol. The number of rotatable bonds is 7. The minimum Gasteiger partial charge on any atom is -0.363 e. The first-order valence-corrected chi connectivity index (χ1v) is 9.93. The van der Waals surface area contributed by atoms with Crippen LogP contribution in [-0.4, -0.2) is 25.9 Å². The molecule has 1 aromatic rings. The van der Waals surface area contributed by atoms with Gasteiger partial charge in [-0.25, -0.2) is 12.8 Å². The lowest BCUT2D eigenvalue weighted by Crippen LogP contribution is -2.48. The lowest BCUT2D eigenvalue weighted by atomic mass is 9.92. The second kappa shape index (κ2) is 7.34. The molecular formula is C18H26FN3O3S. The third kappa shape index (κ3) is 4.60. The normalized spacial score (nSPS) is 17.7. The van der Waals surface area contributed by atoms with E-state index in [4.69, 9.17) is 5.41 Å². The second-order valence-electron chi connectivity index (χ2n) is 7.73. The lowest BCUT2D eigenvalue weighted by molar-refractivity contribution is -0.120. The predicted molar refractivity (Wildman–Crippen MR) is 101 cm³/mol. The Morgan fingerprint density at radius 2 is 2.00 bits per heavy atom. The fraction of sp³-hybridized carbons (Fsp3) is 0.556. The average Bonchev–Trinajstić information content (AvgIpc) is 3.27. The molecule has 1 saturated carbocycles. The molecular weight excluding hydrogens is 357 g/mol. The fourth-order valence-corrected chi connectivity index (χ4v) is 3.38. The van der Waals surface area contributed by atoms with Gasteiger partial charge in [-0.1, -0.05) is 20.8 Å². The van der Waals surface area contributed by atoms with Gasteiger partial charge in [-0.3, -0.25) is 10.2 Å². The van der Waals surface area contributed by atoms with Crippen molar-refractivity contribution >= 4 is 28.1 Å². The molecule has 0 unspecified atom stereocenters. The standard InChI is InChI=1S/C18H26FN3O3S/c1-11(2)15(20)22-18(4,10-26(24)25)13-9-12(5-6-14(13)19)21-16(23)17(3)7-8-17/h5-6,9,11,26H,7-8,10H2,1-4H3,(H2,20,22)(H,21,23)/t18-/m0/s1. The summed E-state index contributed by atoms with van der Waals surface area (Å²) in [5.74, 6) is -1.15. The summed E-state index contributed by atoms with van der Waals surface area (Å²) >= 11 is 0. The summed E-state index contributed by atoms with van der Waals surface area (Å²) in [7, 11) is -2.82. The number of halogens is 1. The summed E-state index contributed by atoms with van der Waals surface area (Å²) in [6.45, 7) is 6.98. The molecule has 1 aliphatic rings. The molecule has 1 aliphatic carbocycles. The zero-order chi connectivity index (χ0) is 19.7. The Bertz CT molecular complexity index is 795. The molecule has 3 N–H and O–H groups in total. The Kier molecular flexibility index (Phi) is 5.75. The van der Waals surface area contributed by atoms with Gasteiger partial charge in [0.25, 0.3) is 0 Å². The van der Waals surface area contributed by atoms with Crippen LogP contribution in [0, 0.1) is 22.6 Å². The molecule has 1 fully saturated rings. The summed E-state index contributed by atoms with van der Waals surface area (Å²) in [5, 5.41) is 13.6. The maximum absolute atomic E-state index is 14.5. The lowest BCUT2D eigenvalue weighted by Gasteiger charge is -2.32. The summed E-state index contributed by atoms with van der Waals surface area (Å²) < 4.78 is 37.3. The topological polar surface area (TPSA) is 99.1 Å². The van der Waals surface area contributed by atoms with Gasteiger partial charge in [-0.05, 0) is 38.0 Å². The van der Waals surface area contributed by atoms with Crippen LogP contribution in [0.4, 0.5) is 10.1 Å². The molecule has 144 valence electrons. The summed E-state index contributed by atoms with van der Waals surface area (Å²) in [5.41, 5.74) is -1.19. The van der Waals surface area contributed by atoms with Crippen LogP contribution in [0.5, 0.6) is 0 Å². The molecule has 8 heteroatoms. The number of anilines is 1. The number of hydrogen-bond acceptors (Lipinski definition) is 4. The number of hydrogen-bond donors (Lipinski definition) is 4. The highest BCUT2D eigenvalue weighted by atomic mass is 32.2. The number of amides is 1. The van der Waals surface area contributed by atoms with Crippen LogP contribution in [0.15, 0.2) is 18.2 Å². The molecule has 0 aromatic heterocycles. The number of carbonyl (C=O) groups excluding carboxylic acids is 1. The van der Waals surface area contributed by atoms with E-state index < -0.39 is 22.1 Å². The van der Waals surface area contributed by atoms with E-state index in [2.05, 4.69) is 10.6 Å². The number of amidine groups is 1.